The molecule has 1 amide bonds. The van der Waals surface area contributed by atoms with E-state index in [0.29, 0.717) is 13.2 Å². The molecule has 0 aromatic heterocycles. The summed E-state index contributed by atoms with van der Waals surface area (Å²) in [7, 11) is 0. The SMILES string of the molecule is O=C1C(OCc2ccccc2)CCCN1Cc1ccccc1. The predicted octanol–water partition coefficient (Wildman–Crippen LogP) is 3.39. The van der Waals surface area contributed by atoms with Crippen molar-refractivity contribution in [2.45, 2.75) is 32.1 Å². The van der Waals surface area contributed by atoms with Crippen molar-refractivity contribution in [3.8, 4) is 0 Å². The molecule has 1 saturated heterocycles. The zero-order valence-corrected chi connectivity index (χ0v) is 12.7. The molecular formula is C19H21NO2. The molecule has 1 atom stereocenters. The Labute approximate surface area is 131 Å². The van der Waals surface area contributed by atoms with E-state index in [0.717, 1.165) is 24.9 Å². The average Bonchev–Trinajstić information content (AvgIpc) is 2.58. The summed E-state index contributed by atoms with van der Waals surface area (Å²) in [6.07, 6.45) is 1.51. The Morgan fingerprint density at radius 1 is 0.955 bits per heavy atom. The van der Waals surface area contributed by atoms with Crippen molar-refractivity contribution < 1.29 is 9.53 Å². The molecule has 0 N–H and O–H groups in total. The highest BCUT2D eigenvalue weighted by atomic mass is 16.5. The summed E-state index contributed by atoms with van der Waals surface area (Å²) < 4.78 is 5.86. The van der Waals surface area contributed by atoms with Crippen LogP contribution in [0.4, 0.5) is 0 Å². The van der Waals surface area contributed by atoms with Crippen molar-refractivity contribution in [1.82, 2.24) is 4.90 Å². The van der Waals surface area contributed by atoms with Crippen LogP contribution < -0.4 is 0 Å². The van der Waals surface area contributed by atoms with E-state index < -0.39 is 0 Å². The van der Waals surface area contributed by atoms with Crippen LogP contribution in [0.5, 0.6) is 0 Å². The van der Waals surface area contributed by atoms with E-state index in [4.69, 9.17) is 4.74 Å². The lowest BCUT2D eigenvalue weighted by Gasteiger charge is -2.32. The van der Waals surface area contributed by atoms with Gasteiger partial charge in [-0.15, -0.1) is 0 Å². The molecule has 1 heterocycles. The van der Waals surface area contributed by atoms with Gasteiger partial charge in [0.15, 0.2) is 0 Å². The summed E-state index contributed by atoms with van der Waals surface area (Å²) in [5.74, 6) is 0.117. The molecule has 0 bridgehead atoms. The highest BCUT2D eigenvalue weighted by Crippen LogP contribution is 2.18. The molecule has 22 heavy (non-hydrogen) atoms. The highest BCUT2D eigenvalue weighted by molar-refractivity contribution is 5.81. The van der Waals surface area contributed by atoms with E-state index in [1.165, 1.54) is 5.56 Å². The summed E-state index contributed by atoms with van der Waals surface area (Å²) in [6.45, 7) is 1.99. The minimum atomic E-state index is -0.308. The molecule has 0 saturated carbocycles. The third kappa shape index (κ3) is 3.74. The van der Waals surface area contributed by atoms with E-state index in [1.54, 1.807) is 0 Å². The van der Waals surface area contributed by atoms with Crippen molar-refractivity contribution in [1.29, 1.82) is 0 Å². The van der Waals surface area contributed by atoms with Gasteiger partial charge in [0.25, 0.3) is 5.91 Å². The Bertz CT molecular complexity index is 597. The largest absolute Gasteiger partial charge is 0.364 e. The molecule has 0 spiro atoms. The Hall–Kier alpha value is -2.13. The maximum absolute atomic E-state index is 12.6. The van der Waals surface area contributed by atoms with E-state index in [1.807, 2.05) is 53.4 Å². The number of hydrogen-bond acceptors (Lipinski definition) is 2. The number of rotatable bonds is 5. The second-order valence-electron chi connectivity index (χ2n) is 5.67. The van der Waals surface area contributed by atoms with Gasteiger partial charge in [-0.2, -0.15) is 0 Å². The lowest BCUT2D eigenvalue weighted by atomic mass is 10.1. The third-order valence-electron chi connectivity index (χ3n) is 3.99. The van der Waals surface area contributed by atoms with Crippen LogP contribution in [0.15, 0.2) is 60.7 Å². The predicted molar refractivity (Wildman–Crippen MR) is 86.1 cm³/mol. The number of benzene rings is 2. The number of carbonyl (C=O) groups is 1. The third-order valence-corrected chi connectivity index (χ3v) is 3.99. The lowest BCUT2D eigenvalue weighted by molar-refractivity contribution is -0.149. The summed E-state index contributed by atoms with van der Waals surface area (Å²) in [4.78, 5) is 14.5. The zero-order chi connectivity index (χ0) is 15.2. The van der Waals surface area contributed by atoms with Crippen LogP contribution in [0.3, 0.4) is 0 Å². The Morgan fingerprint density at radius 3 is 2.27 bits per heavy atom. The van der Waals surface area contributed by atoms with Crippen LogP contribution in [0.25, 0.3) is 0 Å². The number of piperidine rings is 1. The number of nitrogens with zero attached hydrogens (tertiary/aromatic N) is 1. The summed E-state index contributed by atoms with van der Waals surface area (Å²) >= 11 is 0. The molecule has 2 aromatic carbocycles. The number of hydrogen-bond donors (Lipinski definition) is 0. The van der Waals surface area contributed by atoms with E-state index in [9.17, 15) is 4.79 Å². The van der Waals surface area contributed by atoms with E-state index >= 15 is 0 Å². The van der Waals surface area contributed by atoms with Gasteiger partial charge in [0.2, 0.25) is 0 Å². The minimum absolute atomic E-state index is 0.117. The highest BCUT2D eigenvalue weighted by Gasteiger charge is 2.29. The van der Waals surface area contributed by atoms with Gasteiger partial charge < -0.3 is 9.64 Å². The zero-order valence-electron chi connectivity index (χ0n) is 12.7. The van der Waals surface area contributed by atoms with Gasteiger partial charge in [-0.05, 0) is 24.0 Å². The second kappa shape index (κ2) is 7.23. The van der Waals surface area contributed by atoms with Crippen LogP contribution >= 0.6 is 0 Å². The Kier molecular flexibility index (Phi) is 4.86. The van der Waals surface area contributed by atoms with Gasteiger partial charge in [0, 0.05) is 13.1 Å². The van der Waals surface area contributed by atoms with Crippen LogP contribution in [0, 0.1) is 0 Å². The first-order chi connectivity index (χ1) is 10.8. The Balaban J connectivity index is 1.58. The summed E-state index contributed by atoms with van der Waals surface area (Å²) in [5, 5.41) is 0. The number of amides is 1. The molecule has 114 valence electrons. The summed E-state index contributed by atoms with van der Waals surface area (Å²) in [5.41, 5.74) is 2.27. The molecule has 1 fully saturated rings. The maximum Gasteiger partial charge on any atom is 0.252 e. The van der Waals surface area contributed by atoms with Gasteiger partial charge in [0.05, 0.1) is 6.61 Å². The van der Waals surface area contributed by atoms with Crippen molar-refractivity contribution in [3.05, 3.63) is 71.8 Å². The second-order valence-corrected chi connectivity index (χ2v) is 5.67. The number of carbonyl (C=O) groups excluding carboxylic acids is 1. The first-order valence-electron chi connectivity index (χ1n) is 7.81. The van der Waals surface area contributed by atoms with Crippen LogP contribution in [0.2, 0.25) is 0 Å². The molecule has 1 aliphatic rings. The smallest absolute Gasteiger partial charge is 0.252 e. The first-order valence-corrected chi connectivity index (χ1v) is 7.81. The molecule has 1 aliphatic heterocycles. The van der Waals surface area contributed by atoms with Gasteiger partial charge in [-0.3, -0.25) is 4.79 Å². The van der Waals surface area contributed by atoms with Crippen LogP contribution in [-0.2, 0) is 22.7 Å². The van der Waals surface area contributed by atoms with Crippen molar-refractivity contribution >= 4 is 5.91 Å². The topological polar surface area (TPSA) is 29.5 Å². The van der Waals surface area contributed by atoms with Gasteiger partial charge in [-0.1, -0.05) is 60.7 Å². The molecular weight excluding hydrogens is 274 g/mol. The normalized spacial score (nSPS) is 18.5. The first kappa shape index (κ1) is 14.8. The van der Waals surface area contributed by atoms with E-state index in [-0.39, 0.29) is 12.0 Å². The van der Waals surface area contributed by atoms with Gasteiger partial charge in [-0.25, -0.2) is 0 Å². The molecule has 2 aromatic rings. The fraction of sp³-hybridized carbons (Fsp3) is 0.316. The van der Waals surface area contributed by atoms with Crippen molar-refractivity contribution in [2.24, 2.45) is 0 Å². The molecule has 0 aliphatic carbocycles. The van der Waals surface area contributed by atoms with E-state index in [2.05, 4.69) is 12.1 Å². The van der Waals surface area contributed by atoms with Crippen molar-refractivity contribution in [3.63, 3.8) is 0 Å². The summed E-state index contributed by atoms with van der Waals surface area (Å²) in [6, 6.07) is 20.1. The molecule has 3 heteroatoms. The standard InChI is InChI=1S/C19H21NO2/c21-19-18(22-15-17-10-5-2-6-11-17)12-7-13-20(19)14-16-8-3-1-4-9-16/h1-6,8-11,18H,7,12-15H2. The fourth-order valence-corrected chi connectivity index (χ4v) is 2.79. The van der Waals surface area contributed by atoms with Crippen LogP contribution in [-0.4, -0.2) is 23.5 Å². The quantitative estimate of drug-likeness (QED) is 0.846. The minimum Gasteiger partial charge on any atom is -0.364 e. The van der Waals surface area contributed by atoms with Gasteiger partial charge >= 0.3 is 0 Å². The molecule has 3 nitrogen and oxygen atoms in total. The number of ether oxygens (including phenoxy) is 1. The monoisotopic (exact) mass is 295 g/mol. The van der Waals surface area contributed by atoms with Gasteiger partial charge in [0.1, 0.15) is 6.10 Å². The molecule has 3 rings (SSSR count). The fourth-order valence-electron chi connectivity index (χ4n) is 2.79. The molecule has 1 unspecified atom stereocenters. The lowest BCUT2D eigenvalue weighted by Crippen LogP contribution is -2.44. The average molecular weight is 295 g/mol. The van der Waals surface area contributed by atoms with Crippen LogP contribution in [0.1, 0.15) is 24.0 Å². The maximum atomic E-state index is 12.6. The molecule has 0 radical (unpaired) electrons. The Morgan fingerprint density at radius 2 is 1.59 bits per heavy atom. The number of likely N-dealkylation sites (tertiary alicyclic amines) is 1. The van der Waals surface area contributed by atoms with Crippen molar-refractivity contribution in [2.75, 3.05) is 6.54 Å².